The largest absolute Gasteiger partial charge is 0.364 e. The van der Waals surface area contributed by atoms with Gasteiger partial charge in [0.1, 0.15) is 12.0 Å². The van der Waals surface area contributed by atoms with Gasteiger partial charge >= 0.3 is 0 Å². The summed E-state index contributed by atoms with van der Waals surface area (Å²) in [4.78, 5) is 17.9. The third-order valence-corrected chi connectivity index (χ3v) is 3.30. The molecule has 1 aliphatic rings. The molecule has 0 radical (unpaired) electrons. The van der Waals surface area contributed by atoms with Gasteiger partial charge in [-0.2, -0.15) is 0 Å². The van der Waals surface area contributed by atoms with Crippen LogP contribution < -0.4 is 10.6 Å². The van der Waals surface area contributed by atoms with Crippen molar-refractivity contribution in [2.75, 3.05) is 26.2 Å². The van der Waals surface area contributed by atoms with E-state index in [1.54, 1.807) is 6.07 Å². The molecular weight excluding hydrogens is 270 g/mol. The van der Waals surface area contributed by atoms with Gasteiger partial charge in [-0.1, -0.05) is 5.16 Å². The Bertz CT molecular complexity index is 458. The number of carbonyl (C=O) groups is 1. The lowest BCUT2D eigenvalue weighted by molar-refractivity contribution is -0.127. The zero-order valence-electron chi connectivity index (χ0n) is 12.5. The molecule has 0 unspecified atom stereocenters. The van der Waals surface area contributed by atoms with E-state index in [0.717, 1.165) is 50.7 Å². The Labute approximate surface area is 124 Å². The number of aromatic nitrogens is 1. The number of aliphatic imine (C=N–C) groups is 1. The summed E-state index contributed by atoms with van der Waals surface area (Å²) in [6, 6.07) is 1.80. The van der Waals surface area contributed by atoms with Crippen LogP contribution in [0.4, 0.5) is 0 Å². The summed E-state index contributed by atoms with van der Waals surface area (Å²) in [6.07, 6.45) is 4.15. The third-order valence-electron chi connectivity index (χ3n) is 3.30. The van der Waals surface area contributed by atoms with E-state index in [9.17, 15) is 4.79 Å². The number of likely N-dealkylation sites (tertiary alicyclic amines) is 1. The molecule has 1 aromatic rings. The second-order valence-electron chi connectivity index (χ2n) is 4.95. The maximum Gasteiger partial charge on any atom is 0.222 e. The molecule has 1 fully saturated rings. The highest BCUT2D eigenvalue weighted by Crippen LogP contribution is 2.09. The first-order valence-electron chi connectivity index (χ1n) is 7.49. The van der Waals surface area contributed by atoms with Crippen LogP contribution in [0.25, 0.3) is 0 Å². The molecule has 0 aromatic carbocycles. The topological polar surface area (TPSA) is 82.8 Å². The average Bonchev–Trinajstić information content (AvgIpc) is 3.13. The van der Waals surface area contributed by atoms with E-state index in [4.69, 9.17) is 4.52 Å². The van der Waals surface area contributed by atoms with Crippen LogP contribution in [0.2, 0.25) is 0 Å². The summed E-state index contributed by atoms with van der Waals surface area (Å²) in [5.74, 6) is 1.04. The van der Waals surface area contributed by atoms with Gasteiger partial charge in [0.2, 0.25) is 5.91 Å². The van der Waals surface area contributed by atoms with E-state index in [0.29, 0.717) is 13.0 Å². The molecule has 1 aromatic heterocycles. The summed E-state index contributed by atoms with van der Waals surface area (Å²) in [5, 5.41) is 10.3. The quantitative estimate of drug-likeness (QED) is 0.440. The summed E-state index contributed by atoms with van der Waals surface area (Å²) >= 11 is 0. The minimum Gasteiger partial charge on any atom is -0.364 e. The minimum atomic E-state index is 0.279. The van der Waals surface area contributed by atoms with Crippen molar-refractivity contribution in [2.45, 2.75) is 32.7 Å². The number of guanidine groups is 1. The zero-order valence-corrected chi connectivity index (χ0v) is 12.5. The van der Waals surface area contributed by atoms with Crippen LogP contribution in [-0.4, -0.2) is 48.1 Å². The maximum atomic E-state index is 11.5. The van der Waals surface area contributed by atoms with Crippen molar-refractivity contribution in [3.8, 4) is 0 Å². The zero-order chi connectivity index (χ0) is 14.9. The molecule has 7 heteroatoms. The Hall–Kier alpha value is -2.05. The molecule has 21 heavy (non-hydrogen) atoms. The van der Waals surface area contributed by atoms with Gasteiger partial charge in [-0.05, 0) is 19.8 Å². The SMILES string of the molecule is CCNC(=NCc1ccon1)NCCCN1CCCC1=O. The van der Waals surface area contributed by atoms with Crippen molar-refractivity contribution in [3.63, 3.8) is 0 Å². The highest BCUT2D eigenvalue weighted by molar-refractivity contribution is 5.79. The van der Waals surface area contributed by atoms with Crippen LogP contribution in [0.1, 0.15) is 31.9 Å². The molecule has 0 aliphatic carbocycles. The van der Waals surface area contributed by atoms with Crippen molar-refractivity contribution in [1.29, 1.82) is 0 Å². The van der Waals surface area contributed by atoms with Crippen LogP contribution in [-0.2, 0) is 11.3 Å². The van der Waals surface area contributed by atoms with Gasteiger partial charge in [-0.15, -0.1) is 0 Å². The fourth-order valence-corrected chi connectivity index (χ4v) is 2.24. The van der Waals surface area contributed by atoms with E-state index in [1.807, 2.05) is 11.8 Å². The first-order chi connectivity index (χ1) is 10.3. The van der Waals surface area contributed by atoms with E-state index < -0.39 is 0 Å². The number of nitrogens with one attached hydrogen (secondary N) is 2. The molecule has 2 rings (SSSR count). The van der Waals surface area contributed by atoms with Crippen molar-refractivity contribution >= 4 is 11.9 Å². The fraction of sp³-hybridized carbons (Fsp3) is 0.643. The lowest BCUT2D eigenvalue weighted by Crippen LogP contribution is -2.39. The first kappa shape index (κ1) is 15.3. The van der Waals surface area contributed by atoms with Crippen molar-refractivity contribution in [3.05, 3.63) is 18.0 Å². The second kappa shape index (κ2) is 8.28. The molecule has 116 valence electrons. The summed E-state index contributed by atoms with van der Waals surface area (Å²) < 4.78 is 4.77. The Morgan fingerprint density at radius 1 is 1.52 bits per heavy atom. The number of amides is 1. The van der Waals surface area contributed by atoms with E-state index in [-0.39, 0.29) is 5.91 Å². The molecule has 0 bridgehead atoms. The van der Waals surface area contributed by atoms with Gasteiger partial charge in [0.25, 0.3) is 0 Å². The molecule has 0 atom stereocenters. The van der Waals surface area contributed by atoms with Crippen LogP contribution >= 0.6 is 0 Å². The predicted octanol–water partition coefficient (Wildman–Crippen LogP) is 0.742. The summed E-state index contributed by atoms with van der Waals surface area (Å²) in [5.41, 5.74) is 0.801. The van der Waals surface area contributed by atoms with Gasteiger partial charge in [0.15, 0.2) is 5.96 Å². The highest BCUT2D eigenvalue weighted by Gasteiger charge is 2.18. The Morgan fingerprint density at radius 2 is 2.43 bits per heavy atom. The van der Waals surface area contributed by atoms with Gasteiger partial charge in [0.05, 0.1) is 6.54 Å². The van der Waals surface area contributed by atoms with E-state index in [2.05, 4.69) is 20.8 Å². The highest BCUT2D eigenvalue weighted by atomic mass is 16.5. The van der Waals surface area contributed by atoms with Crippen LogP contribution in [0.3, 0.4) is 0 Å². The normalized spacial score (nSPS) is 15.6. The van der Waals surface area contributed by atoms with Crippen LogP contribution in [0, 0.1) is 0 Å². The monoisotopic (exact) mass is 293 g/mol. The molecule has 1 amide bonds. The predicted molar refractivity (Wildman–Crippen MR) is 79.8 cm³/mol. The lowest BCUT2D eigenvalue weighted by atomic mass is 10.4. The van der Waals surface area contributed by atoms with Crippen LogP contribution in [0.5, 0.6) is 0 Å². The van der Waals surface area contributed by atoms with Crippen LogP contribution in [0.15, 0.2) is 21.8 Å². The first-order valence-corrected chi connectivity index (χ1v) is 7.49. The summed E-state index contributed by atoms with van der Waals surface area (Å²) in [6.45, 7) is 5.81. The minimum absolute atomic E-state index is 0.279. The van der Waals surface area contributed by atoms with Gasteiger partial charge in [-0.3, -0.25) is 4.79 Å². The standard InChI is InChI=1S/C14H23N5O2/c1-2-15-14(17-11-12-6-10-21-18-12)16-7-4-9-19-8-3-5-13(19)20/h6,10H,2-5,7-9,11H2,1H3,(H2,15,16,17). The smallest absolute Gasteiger partial charge is 0.222 e. The third kappa shape index (κ3) is 5.09. The Balaban J connectivity index is 1.69. The Morgan fingerprint density at radius 3 is 3.10 bits per heavy atom. The maximum absolute atomic E-state index is 11.5. The second-order valence-corrected chi connectivity index (χ2v) is 4.95. The molecule has 1 saturated heterocycles. The van der Waals surface area contributed by atoms with Gasteiger partial charge < -0.3 is 20.1 Å². The van der Waals surface area contributed by atoms with E-state index in [1.165, 1.54) is 6.26 Å². The molecule has 0 saturated carbocycles. The molecule has 2 N–H and O–H groups in total. The number of carbonyl (C=O) groups excluding carboxylic acids is 1. The van der Waals surface area contributed by atoms with Crippen molar-refractivity contribution in [1.82, 2.24) is 20.7 Å². The summed E-state index contributed by atoms with van der Waals surface area (Å²) in [7, 11) is 0. The molecule has 2 heterocycles. The number of rotatable bonds is 7. The number of hydrogen-bond acceptors (Lipinski definition) is 4. The molecule has 7 nitrogen and oxygen atoms in total. The Kier molecular flexibility index (Phi) is 6.05. The average molecular weight is 293 g/mol. The van der Waals surface area contributed by atoms with Gasteiger partial charge in [-0.25, -0.2) is 4.99 Å². The fourth-order valence-electron chi connectivity index (χ4n) is 2.24. The van der Waals surface area contributed by atoms with Crippen molar-refractivity contribution in [2.24, 2.45) is 4.99 Å². The molecule has 0 spiro atoms. The van der Waals surface area contributed by atoms with E-state index >= 15 is 0 Å². The number of hydrogen-bond donors (Lipinski definition) is 2. The molecular formula is C14H23N5O2. The molecule has 1 aliphatic heterocycles. The number of nitrogens with zero attached hydrogens (tertiary/aromatic N) is 3. The van der Waals surface area contributed by atoms with Crippen molar-refractivity contribution < 1.29 is 9.32 Å². The lowest BCUT2D eigenvalue weighted by Gasteiger charge is -2.16. The van der Waals surface area contributed by atoms with Gasteiger partial charge in [0, 0.05) is 38.7 Å².